The highest BCUT2D eigenvalue weighted by atomic mass is 32.2. The van der Waals surface area contributed by atoms with E-state index in [-0.39, 0.29) is 23.3 Å². The monoisotopic (exact) mass is 358 g/mol. The lowest BCUT2D eigenvalue weighted by atomic mass is 10.0. The molecule has 1 atom stereocenters. The van der Waals surface area contributed by atoms with Crippen molar-refractivity contribution in [1.29, 1.82) is 0 Å². The van der Waals surface area contributed by atoms with E-state index in [4.69, 9.17) is 0 Å². The highest BCUT2D eigenvalue weighted by Crippen LogP contribution is 2.14. The molecule has 0 aliphatic carbocycles. The maximum atomic E-state index is 12.3. The lowest BCUT2D eigenvalue weighted by Gasteiger charge is -2.13. The van der Waals surface area contributed by atoms with Gasteiger partial charge in [-0.05, 0) is 29.7 Å². The van der Waals surface area contributed by atoms with Crippen LogP contribution in [0, 0.1) is 0 Å². The third kappa shape index (κ3) is 5.27. The second kappa shape index (κ2) is 8.60. The minimum absolute atomic E-state index is 0.0538. The summed E-state index contributed by atoms with van der Waals surface area (Å²) in [6.45, 7) is 6.10. The van der Waals surface area contributed by atoms with Crippen molar-refractivity contribution in [2.24, 2.45) is 0 Å². The summed E-state index contributed by atoms with van der Waals surface area (Å²) in [6.07, 6.45) is 1.46. The topological polar surface area (TPSA) is 75.3 Å². The van der Waals surface area contributed by atoms with Crippen molar-refractivity contribution < 1.29 is 13.2 Å². The smallest absolute Gasteiger partial charge is 0.251 e. The number of rotatable bonds is 8. The quantitative estimate of drug-likeness (QED) is 0.713. The fourth-order valence-electron chi connectivity index (χ4n) is 2.30. The van der Waals surface area contributed by atoms with Gasteiger partial charge in [0.05, 0.1) is 4.90 Å². The van der Waals surface area contributed by atoms with Crippen LogP contribution in [0.15, 0.2) is 72.1 Å². The van der Waals surface area contributed by atoms with Gasteiger partial charge in [-0.15, -0.1) is 6.58 Å². The van der Waals surface area contributed by atoms with Crippen LogP contribution in [0.2, 0.25) is 0 Å². The summed E-state index contributed by atoms with van der Waals surface area (Å²) in [5.74, 6) is -0.144. The van der Waals surface area contributed by atoms with Gasteiger partial charge in [0.2, 0.25) is 10.0 Å². The zero-order valence-electron chi connectivity index (χ0n) is 14.1. The Morgan fingerprint density at radius 2 is 1.88 bits per heavy atom. The minimum atomic E-state index is -3.65. The first-order valence-corrected chi connectivity index (χ1v) is 9.46. The van der Waals surface area contributed by atoms with Crippen LogP contribution in [0.25, 0.3) is 0 Å². The predicted molar refractivity (Wildman–Crippen MR) is 99.0 cm³/mol. The fourth-order valence-corrected chi connectivity index (χ4v) is 3.35. The van der Waals surface area contributed by atoms with Gasteiger partial charge in [0, 0.05) is 18.7 Å². The molecule has 1 amide bonds. The molecule has 5 nitrogen and oxygen atoms in total. The first kappa shape index (κ1) is 18.9. The van der Waals surface area contributed by atoms with E-state index in [2.05, 4.69) is 16.6 Å². The predicted octanol–water partition coefficient (Wildman–Crippen LogP) is 2.68. The standard InChI is InChI=1S/C19H22N2O3S/c1-3-12-21-25(23,24)18-11-7-10-17(13-18)19(22)20-14-15(2)16-8-5-4-6-9-16/h3-11,13,15,21H,1,12,14H2,2H3,(H,20,22). The number of amides is 1. The highest BCUT2D eigenvalue weighted by molar-refractivity contribution is 7.89. The summed E-state index contributed by atoms with van der Waals surface area (Å²) in [4.78, 5) is 12.4. The van der Waals surface area contributed by atoms with E-state index in [0.717, 1.165) is 5.56 Å². The summed E-state index contributed by atoms with van der Waals surface area (Å²) in [7, 11) is -3.65. The van der Waals surface area contributed by atoms with Crippen molar-refractivity contribution in [1.82, 2.24) is 10.0 Å². The van der Waals surface area contributed by atoms with Crippen LogP contribution in [0.1, 0.15) is 28.8 Å². The molecular formula is C19H22N2O3S. The van der Waals surface area contributed by atoms with Gasteiger partial charge in [0.15, 0.2) is 0 Å². The van der Waals surface area contributed by atoms with Crippen LogP contribution in [-0.2, 0) is 10.0 Å². The van der Waals surface area contributed by atoms with Crippen LogP contribution >= 0.6 is 0 Å². The van der Waals surface area contributed by atoms with E-state index in [1.54, 1.807) is 12.1 Å². The van der Waals surface area contributed by atoms with Crippen molar-refractivity contribution in [3.8, 4) is 0 Å². The van der Waals surface area contributed by atoms with E-state index in [1.165, 1.54) is 18.2 Å². The zero-order valence-corrected chi connectivity index (χ0v) is 14.9. The molecular weight excluding hydrogens is 336 g/mol. The molecule has 0 radical (unpaired) electrons. The Bertz CT molecular complexity index is 833. The summed E-state index contributed by atoms with van der Waals surface area (Å²) >= 11 is 0. The van der Waals surface area contributed by atoms with E-state index < -0.39 is 10.0 Å². The minimum Gasteiger partial charge on any atom is -0.351 e. The summed E-state index contributed by atoms with van der Waals surface area (Å²) in [5, 5.41) is 2.85. The van der Waals surface area contributed by atoms with Gasteiger partial charge in [-0.2, -0.15) is 0 Å². The van der Waals surface area contributed by atoms with Crippen molar-refractivity contribution in [3.63, 3.8) is 0 Å². The molecule has 0 heterocycles. The summed E-state index contributed by atoms with van der Waals surface area (Å²) in [5.41, 5.74) is 1.44. The first-order valence-electron chi connectivity index (χ1n) is 7.98. The molecule has 0 fully saturated rings. The second-order valence-electron chi connectivity index (χ2n) is 5.69. The number of hydrogen-bond acceptors (Lipinski definition) is 3. The third-order valence-corrected chi connectivity index (χ3v) is 5.18. The maximum absolute atomic E-state index is 12.3. The Balaban J connectivity index is 2.05. The van der Waals surface area contributed by atoms with Gasteiger partial charge in [-0.25, -0.2) is 13.1 Å². The molecule has 0 aliphatic heterocycles. The average molecular weight is 358 g/mol. The number of nitrogens with one attached hydrogen (secondary N) is 2. The third-order valence-electron chi connectivity index (χ3n) is 3.76. The van der Waals surface area contributed by atoms with Crippen LogP contribution in [0.4, 0.5) is 0 Å². The van der Waals surface area contributed by atoms with Crippen molar-refractivity contribution in [2.45, 2.75) is 17.7 Å². The number of benzene rings is 2. The lowest BCUT2D eigenvalue weighted by molar-refractivity contribution is 0.0951. The molecule has 1 unspecified atom stereocenters. The SMILES string of the molecule is C=CCNS(=O)(=O)c1cccc(C(=O)NCC(C)c2ccccc2)c1. The van der Waals surface area contributed by atoms with E-state index in [0.29, 0.717) is 12.1 Å². The largest absolute Gasteiger partial charge is 0.351 e. The normalized spacial score (nSPS) is 12.4. The first-order chi connectivity index (χ1) is 11.9. The van der Waals surface area contributed by atoms with Gasteiger partial charge in [0.1, 0.15) is 0 Å². The molecule has 0 spiro atoms. The van der Waals surface area contributed by atoms with Crippen LogP contribution in [-0.4, -0.2) is 27.4 Å². The Hall–Kier alpha value is -2.44. The molecule has 2 aromatic rings. The zero-order chi connectivity index (χ0) is 18.3. The van der Waals surface area contributed by atoms with Crippen LogP contribution < -0.4 is 10.0 Å². The van der Waals surface area contributed by atoms with E-state index in [1.807, 2.05) is 37.3 Å². The van der Waals surface area contributed by atoms with Crippen molar-refractivity contribution in [2.75, 3.05) is 13.1 Å². The van der Waals surface area contributed by atoms with E-state index >= 15 is 0 Å². The van der Waals surface area contributed by atoms with Crippen LogP contribution in [0.5, 0.6) is 0 Å². The number of carbonyl (C=O) groups is 1. The Labute approximate surface area is 148 Å². The van der Waals surface area contributed by atoms with Gasteiger partial charge in [-0.1, -0.05) is 49.4 Å². The maximum Gasteiger partial charge on any atom is 0.251 e. The van der Waals surface area contributed by atoms with Crippen molar-refractivity contribution >= 4 is 15.9 Å². The number of sulfonamides is 1. The Morgan fingerprint density at radius 3 is 2.56 bits per heavy atom. The molecule has 6 heteroatoms. The van der Waals surface area contributed by atoms with E-state index in [9.17, 15) is 13.2 Å². The van der Waals surface area contributed by atoms with Gasteiger partial charge < -0.3 is 5.32 Å². The molecule has 0 aliphatic rings. The molecule has 0 aromatic heterocycles. The molecule has 0 saturated heterocycles. The van der Waals surface area contributed by atoms with Gasteiger partial charge >= 0.3 is 0 Å². The number of carbonyl (C=O) groups excluding carboxylic acids is 1. The molecule has 132 valence electrons. The molecule has 0 bridgehead atoms. The van der Waals surface area contributed by atoms with Gasteiger partial charge in [0.25, 0.3) is 5.91 Å². The molecule has 25 heavy (non-hydrogen) atoms. The average Bonchev–Trinajstić information content (AvgIpc) is 2.65. The Kier molecular flexibility index (Phi) is 6.50. The second-order valence-corrected chi connectivity index (χ2v) is 7.46. The van der Waals surface area contributed by atoms with Crippen molar-refractivity contribution in [3.05, 3.63) is 78.4 Å². The fraction of sp³-hybridized carbons (Fsp3) is 0.211. The highest BCUT2D eigenvalue weighted by Gasteiger charge is 2.16. The molecule has 2 aromatic carbocycles. The lowest BCUT2D eigenvalue weighted by Crippen LogP contribution is -2.28. The van der Waals surface area contributed by atoms with Gasteiger partial charge in [-0.3, -0.25) is 4.79 Å². The summed E-state index contributed by atoms with van der Waals surface area (Å²) in [6, 6.07) is 15.8. The summed E-state index contributed by atoms with van der Waals surface area (Å²) < 4.78 is 26.6. The molecule has 2 N–H and O–H groups in total. The molecule has 2 rings (SSSR count). The van der Waals surface area contributed by atoms with Crippen LogP contribution in [0.3, 0.4) is 0 Å². The molecule has 0 saturated carbocycles. The Morgan fingerprint density at radius 1 is 1.16 bits per heavy atom. The number of hydrogen-bond donors (Lipinski definition) is 2.